The number of benzene rings is 2. The van der Waals surface area contributed by atoms with Crippen LogP contribution in [-0.2, 0) is 9.53 Å². The van der Waals surface area contributed by atoms with Gasteiger partial charge in [-0.05, 0) is 0 Å². The normalized spacial score (nSPS) is 15.2. The molecule has 0 aliphatic heterocycles. The number of hydrogen-bond acceptors (Lipinski definition) is 3. The Morgan fingerprint density at radius 1 is 1.00 bits per heavy atom. The number of carbonyl (C=O) groups is 1. The number of esters is 1. The van der Waals surface area contributed by atoms with E-state index in [0.29, 0.717) is 0 Å². The van der Waals surface area contributed by atoms with Crippen molar-refractivity contribution in [3.8, 4) is 0 Å². The molecule has 0 heterocycles. The maximum absolute atomic E-state index is 12.8. The topological polar surface area (TPSA) is 46.5 Å². The van der Waals surface area contributed by atoms with Crippen molar-refractivity contribution < 1.29 is 14.6 Å². The summed E-state index contributed by atoms with van der Waals surface area (Å²) in [7, 11) is 0. The molecule has 0 aliphatic carbocycles. The van der Waals surface area contributed by atoms with Crippen LogP contribution in [0.2, 0.25) is 4.82 Å². The van der Waals surface area contributed by atoms with Gasteiger partial charge in [0, 0.05) is 0 Å². The SMILES string of the molecule is C[C@H]([Se]c1ccccc1)[C@H](C(=O)OC(C)(C)C)[C@@H](O)c1ccccc1. The van der Waals surface area contributed by atoms with Crippen LogP contribution in [0.1, 0.15) is 39.4 Å². The van der Waals surface area contributed by atoms with E-state index in [0.717, 1.165) is 5.56 Å². The molecular formula is C21H26O3Se. The van der Waals surface area contributed by atoms with Crippen molar-refractivity contribution in [3.63, 3.8) is 0 Å². The van der Waals surface area contributed by atoms with Gasteiger partial charge in [0.2, 0.25) is 0 Å². The molecule has 134 valence electrons. The van der Waals surface area contributed by atoms with Crippen molar-refractivity contribution >= 4 is 25.4 Å². The average molecular weight is 405 g/mol. The summed E-state index contributed by atoms with van der Waals surface area (Å²) >= 11 is 0.0542. The molecule has 0 aliphatic rings. The van der Waals surface area contributed by atoms with Crippen molar-refractivity contribution in [3.05, 3.63) is 66.2 Å². The Morgan fingerprint density at radius 2 is 1.52 bits per heavy atom. The van der Waals surface area contributed by atoms with E-state index in [1.807, 2.05) is 76.2 Å². The molecule has 0 bridgehead atoms. The molecule has 25 heavy (non-hydrogen) atoms. The van der Waals surface area contributed by atoms with Gasteiger partial charge in [-0.1, -0.05) is 0 Å². The predicted molar refractivity (Wildman–Crippen MR) is 102 cm³/mol. The van der Waals surface area contributed by atoms with E-state index in [2.05, 4.69) is 12.1 Å². The quantitative estimate of drug-likeness (QED) is 0.591. The van der Waals surface area contributed by atoms with Crippen molar-refractivity contribution in [2.45, 2.75) is 44.2 Å². The van der Waals surface area contributed by atoms with Gasteiger partial charge in [-0.25, -0.2) is 0 Å². The van der Waals surface area contributed by atoms with Gasteiger partial charge in [0.05, 0.1) is 0 Å². The van der Waals surface area contributed by atoms with Crippen LogP contribution in [0.25, 0.3) is 0 Å². The molecular weight excluding hydrogens is 379 g/mol. The van der Waals surface area contributed by atoms with Crippen molar-refractivity contribution in [1.29, 1.82) is 0 Å². The Bertz CT molecular complexity index is 665. The average Bonchev–Trinajstić information content (AvgIpc) is 2.55. The Hall–Kier alpha value is -1.61. The minimum atomic E-state index is -0.878. The maximum atomic E-state index is 12.8. The molecule has 4 heteroatoms. The van der Waals surface area contributed by atoms with Crippen LogP contribution in [0.15, 0.2) is 60.7 Å². The molecule has 0 fully saturated rings. The first-order valence-corrected chi connectivity index (χ1v) is 10.3. The molecule has 2 aromatic carbocycles. The third kappa shape index (κ3) is 6.00. The Morgan fingerprint density at radius 3 is 2.04 bits per heavy atom. The summed E-state index contributed by atoms with van der Waals surface area (Å²) in [6, 6.07) is 19.5. The predicted octanol–water partition coefficient (Wildman–Crippen LogP) is 3.52. The molecule has 0 unspecified atom stereocenters. The van der Waals surface area contributed by atoms with Gasteiger partial charge in [0.25, 0.3) is 0 Å². The third-order valence-corrected chi connectivity index (χ3v) is 6.27. The van der Waals surface area contributed by atoms with E-state index < -0.39 is 17.6 Å². The van der Waals surface area contributed by atoms with Gasteiger partial charge < -0.3 is 0 Å². The molecule has 0 aromatic heterocycles. The first-order valence-electron chi connectivity index (χ1n) is 8.45. The molecule has 2 aromatic rings. The zero-order chi connectivity index (χ0) is 18.4. The van der Waals surface area contributed by atoms with Crippen molar-refractivity contribution in [2.24, 2.45) is 5.92 Å². The summed E-state index contributed by atoms with van der Waals surface area (Å²) in [6.07, 6.45) is -0.878. The number of aliphatic hydroxyl groups excluding tert-OH is 1. The molecule has 3 nitrogen and oxygen atoms in total. The van der Waals surface area contributed by atoms with E-state index in [1.165, 1.54) is 4.46 Å². The van der Waals surface area contributed by atoms with Crippen LogP contribution in [0.5, 0.6) is 0 Å². The summed E-state index contributed by atoms with van der Waals surface area (Å²) in [4.78, 5) is 12.8. The molecule has 2 rings (SSSR count). The summed E-state index contributed by atoms with van der Waals surface area (Å²) in [5, 5.41) is 10.9. The third-order valence-electron chi connectivity index (χ3n) is 3.73. The zero-order valence-electron chi connectivity index (χ0n) is 15.2. The van der Waals surface area contributed by atoms with Gasteiger partial charge >= 0.3 is 156 Å². The van der Waals surface area contributed by atoms with Crippen LogP contribution in [0.4, 0.5) is 0 Å². The van der Waals surface area contributed by atoms with Gasteiger partial charge in [-0.15, -0.1) is 0 Å². The van der Waals surface area contributed by atoms with E-state index in [9.17, 15) is 9.90 Å². The minimum absolute atomic E-state index is 0.0000406. The Kier molecular flexibility index (Phi) is 6.83. The molecule has 0 spiro atoms. The van der Waals surface area contributed by atoms with Crippen LogP contribution in [0, 0.1) is 5.92 Å². The second-order valence-electron chi connectivity index (χ2n) is 7.05. The molecule has 0 saturated carbocycles. The Balaban J connectivity index is 2.26. The first-order chi connectivity index (χ1) is 11.8. The van der Waals surface area contributed by atoms with E-state index in [1.54, 1.807) is 0 Å². The first kappa shape index (κ1) is 19.7. The molecule has 0 saturated heterocycles. The monoisotopic (exact) mass is 406 g/mol. The molecule has 1 N–H and O–H groups in total. The summed E-state index contributed by atoms with van der Waals surface area (Å²) < 4.78 is 6.82. The van der Waals surface area contributed by atoms with Crippen molar-refractivity contribution in [1.82, 2.24) is 0 Å². The van der Waals surface area contributed by atoms with Crippen LogP contribution < -0.4 is 4.46 Å². The standard InChI is InChI=1S/C21H26O3Se/c1-15(25-17-13-9-6-10-14-17)18(20(23)24-21(2,3)4)19(22)16-11-7-5-8-12-16/h5-15,18-19,22H,1-4H3/t15-,18-,19-/m0/s1. The van der Waals surface area contributed by atoms with Crippen LogP contribution >= 0.6 is 0 Å². The Labute approximate surface area is 156 Å². The van der Waals surface area contributed by atoms with Crippen molar-refractivity contribution in [2.75, 3.05) is 0 Å². The number of carbonyl (C=O) groups excluding carboxylic acids is 1. The van der Waals surface area contributed by atoms with Gasteiger partial charge in [0.1, 0.15) is 0 Å². The van der Waals surface area contributed by atoms with Gasteiger partial charge in [0.15, 0.2) is 0 Å². The number of ether oxygens (including phenoxy) is 1. The van der Waals surface area contributed by atoms with Crippen LogP contribution in [0.3, 0.4) is 0 Å². The van der Waals surface area contributed by atoms with E-state index in [-0.39, 0.29) is 25.7 Å². The number of hydrogen-bond donors (Lipinski definition) is 1. The fraction of sp³-hybridized carbons (Fsp3) is 0.381. The second kappa shape index (κ2) is 8.66. The van der Waals surface area contributed by atoms with Gasteiger partial charge in [-0.3, -0.25) is 0 Å². The zero-order valence-corrected chi connectivity index (χ0v) is 16.9. The summed E-state index contributed by atoms with van der Waals surface area (Å²) in [6.45, 7) is 7.57. The molecule has 0 amide bonds. The van der Waals surface area contributed by atoms with Gasteiger partial charge in [-0.2, -0.15) is 0 Å². The molecule has 0 radical (unpaired) electrons. The molecule has 3 atom stereocenters. The fourth-order valence-electron chi connectivity index (χ4n) is 2.59. The fourth-order valence-corrected chi connectivity index (χ4v) is 5.00. The second-order valence-corrected chi connectivity index (χ2v) is 10.1. The number of rotatable bonds is 6. The summed E-state index contributed by atoms with van der Waals surface area (Å²) in [5.74, 6) is -0.934. The van der Waals surface area contributed by atoms with Crippen LogP contribution in [-0.4, -0.2) is 31.6 Å². The number of aliphatic hydroxyl groups is 1. The summed E-state index contributed by atoms with van der Waals surface area (Å²) in [5.41, 5.74) is 0.166. The van der Waals surface area contributed by atoms with E-state index in [4.69, 9.17) is 4.74 Å². The van der Waals surface area contributed by atoms with E-state index >= 15 is 0 Å².